The van der Waals surface area contributed by atoms with E-state index in [9.17, 15) is 0 Å². The molecule has 0 aliphatic heterocycles. The molecule has 74 valence electrons. The van der Waals surface area contributed by atoms with Crippen LogP contribution < -0.4 is 0 Å². The maximum atomic E-state index is 8.60. The van der Waals surface area contributed by atoms with Crippen LogP contribution in [0.3, 0.4) is 0 Å². The van der Waals surface area contributed by atoms with E-state index in [1.165, 1.54) is 0 Å². The molecule has 1 heterocycles. The van der Waals surface area contributed by atoms with Gasteiger partial charge in [-0.3, -0.25) is 0 Å². The van der Waals surface area contributed by atoms with Gasteiger partial charge in [-0.25, -0.2) is 4.98 Å². The van der Waals surface area contributed by atoms with Crippen molar-refractivity contribution in [1.29, 1.82) is 5.26 Å². The summed E-state index contributed by atoms with van der Waals surface area (Å²) in [6.45, 7) is 1.88. The van der Waals surface area contributed by atoms with E-state index in [0.29, 0.717) is 12.3 Å². The number of aromatic nitrogens is 1. The molecule has 1 aromatic heterocycles. The van der Waals surface area contributed by atoms with Gasteiger partial charge in [0, 0.05) is 5.56 Å². The van der Waals surface area contributed by atoms with Gasteiger partial charge in [0.2, 0.25) is 5.89 Å². The molecule has 2 rings (SSSR count). The second kappa shape index (κ2) is 3.97. The SMILES string of the molecule is Cc1coc(-c2cccc(CC#N)c2)n1. The zero-order chi connectivity index (χ0) is 10.7. The first-order valence-corrected chi connectivity index (χ1v) is 4.68. The molecule has 0 saturated carbocycles. The number of hydrogen-bond donors (Lipinski definition) is 0. The Morgan fingerprint density at radius 1 is 1.47 bits per heavy atom. The second-order valence-corrected chi connectivity index (χ2v) is 3.33. The molecule has 3 heteroatoms. The molecule has 0 fully saturated rings. The zero-order valence-electron chi connectivity index (χ0n) is 8.40. The maximum absolute atomic E-state index is 8.60. The van der Waals surface area contributed by atoms with E-state index in [1.54, 1.807) is 6.26 Å². The van der Waals surface area contributed by atoms with Crippen LogP contribution in [0.1, 0.15) is 11.3 Å². The number of nitrogens with zero attached hydrogens (tertiary/aromatic N) is 2. The minimum atomic E-state index is 0.410. The van der Waals surface area contributed by atoms with Gasteiger partial charge < -0.3 is 4.42 Å². The fraction of sp³-hybridized carbons (Fsp3) is 0.167. The van der Waals surface area contributed by atoms with Gasteiger partial charge >= 0.3 is 0 Å². The van der Waals surface area contributed by atoms with Gasteiger partial charge in [0.05, 0.1) is 18.2 Å². The zero-order valence-corrected chi connectivity index (χ0v) is 8.40. The van der Waals surface area contributed by atoms with Crippen LogP contribution in [0.15, 0.2) is 34.9 Å². The lowest BCUT2D eigenvalue weighted by molar-refractivity contribution is 0.573. The van der Waals surface area contributed by atoms with Gasteiger partial charge in [0.1, 0.15) is 6.26 Å². The minimum absolute atomic E-state index is 0.410. The highest BCUT2D eigenvalue weighted by Gasteiger charge is 2.04. The van der Waals surface area contributed by atoms with E-state index in [2.05, 4.69) is 11.1 Å². The van der Waals surface area contributed by atoms with Crippen LogP contribution in [-0.4, -0.2) is 4.98 Å². The van der Waals surface area contributed by atoms with Crippen LogP contribution in [0.5, 0.6) is 0 Å². The summed E-state index contributed by atoms with van der Waals surface area (Å²) in [6, 6.07) is 9.79. The van der Waals surface area contributed by atoms with E-state index in [1.807, 2.05) is 31.2 Å². The average molecular weight is 198 g/mol. The third-order valence-corrected chi connectivity index (χ3v) is 2.08. The Labute approximate surface area is 88.0 Å². The Bertz CT molecular complexity index is 508. The molecule has 0 aliphatic rings. The molecule has 0 unspecified atom stereocenters. The van der Waals surface area contributed by atoms with Crippen molar-refractivity contribution in [3.05, 3.63) is 41.8 Å². The van der Waals surface area contributed by atoms with Crippen molar-refractivity contribution in [2.24, 2.45) is 0 Å². The molecule has 1 aromatic carbocycles. The molecule has 0 amide bonds. The van der Waals surface area contributed by atoms with Gasteiger partial charge in [-0.05, 0) is 24.6 Å². The molecular formula is C12H10N2O. The summed E-state index contributed by atoms with van der Waals surface area (Å²) >= 11 is 0. The largest absolute Gasteiger partial charge is 0.444 e. The molecule has 0 spiro atoms. The van der Waals surface area contributed by atoms with Crippen LogP contribution in [0.25, 0.3) is 11.5 Å². The highest BCUT2D eigenvalue weighted by Crippen LogP contribution is 2.19. The normalized spacial score (nSPS) is 9.87. The topological polar surface area (TPSA) is 49.8 Å². The maximum Gasteiger partial charge on any atom is 0.226 e. The summed E-state index contributed by atoms with van der Waals surface area (Å²) in [4.78, 5) is 4.23. The molecule has 15 heavy (non-hydrogen) atoms. The fourth-order valence-electron chi connectivity index (χ4n) is 1.39. The average Bonchev–Trinajstić information content (AvgIpc) is 2.66. The van der Waals surface area contributed by atoms with Crippen molar-refractivity contribution in [1.82, 2.24) is 4.98 Å². The van der Waals surface area contributed by atoms with Crippen molar-refractivity contribution in [2.75, 3.05) is 0 Å². The molecule has 0 atom stereocenters. The van der Waals surface area contributed by atoms with E-state index >= 15 is 0 Å². The lowest BCUT2D eigenvalue weighted by Crippen LogP contribution is -1.83. The Kier molecular flexibility index (Phi) is 2.51. The van der Waals surface area contributed by atoms with Gasteiger partial charge in [0.15, 0.2) is 0 Å². The van der Waals surface area contributed by atoms with Crippen molar-refractivity contribution < 1.29 is 4.42 Å². The molecule has 0 radical (unpaired) electrons. The first kappa shape index (κ1) is 9.47. The number of nitriles is 1. The monoisotopic (exact) mass is 198 g/mol. The Balaban J connectivity index is 2.37. The second-order valence-electron chi connectivity index (χ2n) is 3.33. The molecule has 0 saturated heterocycles. The quantitative estimate of drug-likeness (QED) is 0.745. The number of rotatable bonds is 2. The Hall–Kier alpha value is -2.08. The van der Waals surface area contributed by atoms with Crippen LogP contribution in [0, 0.1) is 18.3 Å². The highest BCUT2D eigenvalue weighted by molar-refractivity contribution is 5.54. The highest BCUT2D eigenvalue weighted by atomic mass is 16.3. The predicted octanol–water partition coefficient (Wildman–Crippen LogP) is 2.72. The van der Waals surface area contributed by atoms with Crippen LogP contribution in [0.4, 0.5) is 0 Å². The molecular weight excluding hydrogens is 188 g/mol. The molecule has 0 aliphatic carbocycles. The van der Waals surface area contributed by atoms with Gasteiger partial charge in [0.25, 0.3) is 0 Å². The number of aryl methyl sites for hydroxylation is 1. The predicted molar refractivity (Wildman–Crippen MR) is 56.0 cm³/mol. The third-order valence-electron chi connectivity index (χ3n) is 2.08. The van der Waals surface area contributed by atoms with E-state index < -0.39 is 0 Å². The van der Waals surface area contributed by atoms with E-state index in [4.69, 9.17) is 9.68 Å². The van der Waals surface area contributed by atoms with Gasteiger partial charge in [-0.2, -0.15) is 5.26 Å². The summed E-state index contributed by atoms with van der Waals surface area (Å²) in [5.74, 6) is 0.604. The Morgan fingerprint density at radius 2 is 2.33 bits per heavy atom. The summed E-state index contributed by atoms with van der Waals surface area (Å²) in [6.07, 6.45) is 2.03. The van der Waals surface area contributed by atoms with E-state index in [-0.39, 0.29) is 0 Å². The lowest BCUT2D eigenvalue weighted by Gasteiger charge is -1.97. The third kappa shape index (κ3) is 2.05. The number of benzene rings is 1. The molecule has 2 aromatic rings. The first-order chi connectivity index (χ1) is 7.29. The number of oxazole rings is 1. The van der Waals surface area contributed by atoms with Crippen LogP contribution in [-0.2, 0) is 6.42 Å². The van der Waals surface area contributed by atoms with Gasteiger partial charge in [-0.1, -0.05) is 12.1 Å². The van der Waals surface area contributed by atoms with Gasteiger partial charge in [-0.15, -0.1) is 0 Å². The summed E-state index contributed by atoms with van der Waals surface area (Å²) in [7, 11) is 0. The standard InChI is InChI=1S/C12H10N2O/c1-9-8-15-12(14-9)11-4-2-3-10(7-11)5-6-13/h2-4,7-8H,5H2,1H3. The fourth-order valence-corrected chi connectivity index (χ4v) is 1.39. The van der Waals surface area contributed by atoms with Crippen molar-refractivity contribution in [2.45, 2.75) is 13.3 Å². The van der Waals surface area contributed by atoms with Crippen LogP contribution >= 0.6 is 0 Å². The Morgan fingerprint density at radius 3 is 3.00 bits per heavy atom. The molecule has 3 nitrogen and oxygen atoms in total. The summed E-state index contributed by atoms with van der Waals surface area (Å²) in [5, 5.41) is 8.60. The first-order valence-electron chi connectivity index (χ1n) is 4.68. The van der Waals surface area contributed by atoms with E-state index in [0.717, 1.165) is 16.8 Å². The molecule has 0 bridgehead atoms. The number of hydrogen-bond acceptors (Lipinski definition) is 3. The smallest absolute Gasteiger partial charge is 0.226 e. The van der Waals surface area contributed by atoms with Crippen molar-refractivity contribution >= 4 is 0 Å². The minimum Gasteiger partial charge on any atom is -0.444 e. The van der Waals surface area contributed by atoms with Crippen molar-refractivity contribution in [3.63, 3.8) is 0 Å². The summed E-state index contributed by atoms with van der Waals surface area (Å²) < 4.78 is 5.29. The van der Waals surface area contributed by atoms with Crippen molar-refractivity contribution in [3.8, 4) is 17.5 Å². The summed E-state index contributed by atoms with van der Waals surface area (Å²) in [5.41, 5.74) is 2.75. The lowest BCUT2D eigenvalue weighted by atomic mass is 10.1. The molecule has 0 N–H and O–H groups in total. The van der Waals surface area contributed by atoms with Crippen LogP contribution in [0.2, 0.25) is 0 Å².